The first-order valence-corrected chi connectivity index (χ1v) is 13.9. The number of aliphatic carboxylic acids is 1. The Morgan fingerprint density at radius 2 is 1.89 bits per heavy atom. The molecule has 38 heavy (non-hydrogen) atoms. The molecule has 0 radical (unpaired) electrons. The van der Waals surface area contributed by atoms with Crippen molar-refractivity contribution in [1.82, 2.24) is 9.80 Å². The highest BCUT2D eigenvalue weighted by atomic mass is 19.1. The lowest BCUT2D eigenvalue weighted by Crippen LogP contribution is -2.44. The fraction of sp³-hybridized carbons (Fsp3) is 0.548. The number of hydrogen-bond acceptors (Lipinski definition) is 4. The van der Waals surface area contributed by atoms with Gasteiger partial charge in [-0.1, -0.05) is 38.5 Å². The second-order valence-corrected chi connectivity index (χ2v) is 11.5. The van der Waals surface area contributed by atoms with Gasteiger partial charge in [-0.15, -0.1) is 0 Å². The van der Waals surface area contributed by atoms with Crippen LogP contribution in [0.4, 0.5) is 8.78 Å². The molecule has 0 amide bonds. The summed E-state index contributed by atoms with van der Waals surface area (Å²) < 4.78 is 27.9. The van der Waals surface area contributed by atoms with Crippen LogP contribution in [-0.4, -0.2) is 59.6 Å². The second-order valence-electron chi connectivity index (χ2n) is 11.5. The smallest absolute Gasteiger partial charge is 0.321 e. The summed E-state index contributed by atoms with van der Waals surface area (Å²) in [5.41, 5.74) is 1.99. The van der Waals surface area contributed by atoms with E-state index in [0.29, 0.717) is 19.0 Å². The van der Waals surface area contributed by atoms with Gasteiger partial charge in [0.25, 0.3) is 0 Å². The fourth-order valence-corrected chi connectivity index (χ4v) is 6.48. The molecule has 204 valence electrons. The van der Waals surface area contributed by atoms with E-state index in [1.165, 1.54) is 12.1 Å². The van der Waals surface area contributed by atoms with Gasteiger partial charge in [-0.3, -0.25) is 9.69 Å². The van der Waals surface area contributed by atoms with E-state index in [0.717, 1.165) is 62.9 Å². The molecule has 2 aromatic rings. The van der Waals surface area contributed by atoms with Crippen LogP contribution in [0.2, 0.25) is 0 Å². The lowest BCUT2D eigenvalue weighted by atomic mass is 9.86. The minimum absolute atomic E-state index is 0.00377. The van der Waals surface area contributed by atoms with Gasteiger partial charge in [0.1, 0.15) is 23.7 Å². The van der Waals surface area contributed by atoms with Crippen LogP contribution in [-0.2, 0) is 11.2 Å². The summed E-state index contributed by atoms with van der Waals surface area (Å²) >= 11 is 0. The van der Waals surface area contributed by atoms with E-state index in [2.05, 4.69) is 9.80 Å². The minimum Gasteiger partial charge on any atom is -0.480 e. The van der Waals surface area contributed by atoms with Crippen molar-refractivity contribution >= 4 is 5.97 Å². The molecule has 2 aliphatic rings. The highest BCUT2D eigenvalue weighted by molar-refractivity contribution is 5.73. The van der Waals surface area contributed by atoms with Gasteiger partial charge in [-0.25, -0.2) is 8.78 Å². The Hall–Kier alpha value is -2.82. The number of benzene rings is 2. The molecule has 2 aromatic carbocycles. The van der Waals surface area contributed by atoms with E-state index in [1.807, 2.05) is 32.0 Å². The topological polar surface area (TPSA) is 67.6 Å². The van der Waals surface area contributed by atoms with Crippen LogP contribution in [0.1, 0.15) is 62.1 Å². The predicted molar refractivity (Wildman–Crippen MR) is 144 cm³/mol. The number of nitriles is 1. The molecule has 0 spiro atoms. The monoisotopic (exact) mass is 523 g/mol. The lowest BCUT2D eigenvalue weighted by molar-refractivity contribution is -0.144. The van der Waals surface area contributed by atoms with Crippen LogP contribution in [0.3, 0.4) is 0 Å². The first kappa shape index (κ1) is 28.2. The third-order valence-electron chi connectivity index (χ3n) is 8.46. The van der Waals surface area contributed by atoms with Crippen LogP contribution in [0.15, 0.2) is 42.5 Å². The summed E-state index contributed by atoms with van der Waals surface area (Å²) in [5.74, 6) is -0.478. The summed E-state index contributed by atoms with van der Waals surface area (Å²) in [4.78, 5) is 16.6. The van der Waals surface area contributed by atoms with Gasteiger partial charge in [-0.2, -0.15) is 5.26 Å². The van der Waals surface area contributed by atoms with E-state index >= 15 is 0 Å². The van der Waals surface area contributed by atoms with Crippen molar-refractivity contribution in [1.29, 1.82) is 5.26 Å². The van der Waals surface area contributed by atoms with Crippen molar-refractivity contribution in [3.8, 4) is 6.07 Å². The third-order valence-corrected chi connectivity index (χ3v) is 8.46. The van der Waals surface area contributed by atoms with Crippen LogP contribution in [0, 0.1) is 40.7 Å². The highest BCUT2D eigenvalue weighted by Gasteiger charge is 2.41. The zero-order valence-corrected chi connectivity index (χ0v) is 22.5. The van der Waals surface area contributed by atoms with Gasteiger partial charge in [0, 0.05) is 25.6 Å². The first-order chi connectivity index (χ1) is 18.2. The van der Waals surface area contributed by atoms with Crippen LogP contribution in [0.5, 0.6) is 0 Å². The maximum Gasteiger partial charge on any atom is 0.321 e. The quantitative estimate of drug-likeness (QED) is 0.433. The normalized spacial score (nSPS) is 22.0. The number of carboxylic acid groups (broad SMARTS) is 1. The molecule has 2 aliphatic heterocycles. The van der Waals surface area contributed by atoms with Gasteiger partial charge in [0.05, 0.1) is 5.56 Å². The number of halogens is 2. The van der Waals surface area contributed by atoms with Crippen molar-refractivity contribution in [2.24, 2.45) is 17.8 Å². The van der Waals surface area contributed by atoms with E-state index in [9.17, 15) is 18.7 Å². The third kappa shape index (κ3) is 6.98. The van der Waals surface area contributed by atoms with Crippen molar-refractivity contribution in [2.45, 2.75) is 57.9 Å². The Morgan fingerprint density at radius 1 is 1.13 bits per heavy atom. The average Bonchev–Trinajstić information content (AvgIpc) is 3.27. The van der Waals surface area contributed by atoms with Crippen molar-refractivity contribution in [3.63, 3.8) is 0 Å². The summed E-state index contributed by atoms with van der Waals surface area (Å²) in [6, 6.07) is 13.0. The van der Waals surface area contributed by atoms with Crippen molar-refractivity contribution < 1.29 is 18.7 Å². The molecule has 0 aromatic heterocycles. The number of likely N-dealkylation sites (tertiary alicyclic amines) is 2. The van der Waals surface area contributed by atoms with Gasteiger partial charge >= 0.3 is 5.97 Å². The van der Waals surface area contributed by atoms with E-state index in [-0.39, 0.29) is 29.1 Å². The van der Waals surface area contributed by atoms with Crippen LogP contribution >= 0.6 is 0 Å². The number of carbonyl (C=O) groups is 1. The molecular formula is C31H39F2N3O2. The molecule has 0 bridgehead atoms. The van der Waals surface area contributed by atoms with Gasteiger partial charge in [-0.05, 0) is 91.9 Å². The molecule has 2 saturated heterocycles. The molecule has 0 aliphatic carbocycles. The number of carboxylic acids is 1. The number of nitrogens with zero attached hydrogens (tertiary/aromatic N) is 3. The number of aryl methyl sites for hydroxylation is 1. The van der Waals surface area contributed by atoms with E-state index in [4.69, 9.17) is 5.26 Å². The fourth-order valence-electron chi connectivity index (χ4n) is 6.48. The standard InChI is InChI=1S/C31H39F2N3O2/c1-21(2)30(31(37)38)36-19-26(28(20-36)24-7-4-8-27(32)16-24)18-35-13-11-22(12-14-35)5-3-6-23-9-10-25(17-34)29(33)15-23/h4,7-10,15-16,21-22,26,28,30H,3,5-6,11-14,18-20H2,1-2H3,(H,37,38). The van der Waals surface area contributed by atoms with Gasteiger partial charge in [0.15, 0.2) is 0 Å². The SMILES string of the molecule is CC(C)C(C(=O)O)N1CC(CN2CCC(CCCc3ccc(C#N)c(F)c3)CC2)C(c2cccc(F)c2)C1. The molecule has 3 unspecified atom stereocenters. The van der Waals surface area contributed by atoms with Crippen LogP contribution < -0.4 is 0 Å². The van der Waals surface area contributed by atoms with E-state index < -0.39 is 17.8 Å². The van der Waals surface area contributed by atoms with Crippen LogP contribution in [0.25, 0.3) is 0 Å². The summed E-state index contributed by atoms with van der Waals surface area (Å²) in [6.45, 7) is 8.15. The molecule has 0 saturated carbocycles. The minimum atomic E-state index is -0.789. The molecule has 1 N–H and O–H groups in total. The average molecular weight is 524 g/mol. The van der Waals surface area contributed by atoms with Crippen molar-refractivity contribution in [3.05, 3.63) is 70.8 Å². The molecule has 4 rings (SSSR count). The Balaban J connectivity index is 1.32. The highest BCUT2D eigenvalue weighted by Crippen LogP contribution is 2.36. The first-order valence-electron chi connectivity index (χ1n) is 13.9. The largest absolute Gasteiger partial charge is 0.480 e. The zero-order chi connectivity index (χ0) is 27.2. The Morgan fingerprint density at radius 3 is 2.53 bits per heavy atom. The maximum atomic E-state index is 14.1. The Bertz CT molecular complexity index is 1140. The molecular weight excluding hydrogens is 484 g/mol. The van der Waals surface area contributed by atoms with Gasteiger partial charge < -0.3 is 10.0 Å². The maximum absolute atomic E-state index is 14.1. The Labute approximate surface area is 225 Å². The molecule has 2 fully saturated rings. The van der Waals surface area contributed by atoms with Crippen molar-refractivity contribution in [2.75, 3.05) is 32.7 Å². The Kier molecular flexibility index (Phi) is 9.51. The second kappa shape index (κ2) is 12.8. The molecule has 7 heteroatoms. The van der Waals surface area contributed by atoms with E-state index in [1.54, 1.807) is 18.2 Å². The molecule has 3 atom stereocenters. The van der Waals surface area contributed by atoms with Gasteiger partial charge in [0.2, 0.25) is 0 Å². The molecule has 2 heterocycles. The number of hydrogen-bond donors (Lipinski definition) is 1. The predicted octanol–water partition coefficient (Wildman–Crippen LogP) is 5.70. The zero-order valence-electron chi connectivity index (χ0n) is 22.5. The summed E-state index contributed by atoms with van der Waals surface area (Å²) in [7, 11) is 0. The molecule has 5 nitrogen and oxygen atoms in total. The number of piperidine rings is 1. The summed E-state index contributed by atoms with van der Waals surface area (Å²) in [6.07, 6.45) is 5.16. The number of rotatable bonds is 10. The lowest BCUT2D eigenvalue weighted by Gasteiger charge is -2.35. The summed E-state index contributed by atoms with van der Waals surface area (Å²) in [5, 5.41) is 18.8.